The van der Waals surface area contributed by atoms with Gasteiger partial charge in [0.05, 0.1) is 0 Å². The van der Waals surface area contributed by atoms with E-state index in [1.165, 1.54) is 0 Å². The first-order valence-electron chi connectivity index (χ1n) is 4.57. The maximum atomic E-state index is 9.23. The summed E-state index contributed by atoms with van der Waals surface area (Å²) in [5.41, 5.74) is 1.50. The second-order valence-electron chi connectivity index (χ2n) is 3.02. The fourth-order valence-corrected chi connectivity index (χ4v) is 1.16. The molecule has 0 saturated heterocycles. The van der Waals surface area contributed by atoms with Gasteiger partial charge in [0.25, 0.3) is 0 Å². The first-order chi connectivity index (χ1) is 7.34. The molecule has 2 aromatic rings. The number of aromatic nitrogens is 1. The summed E-state index contributed by atoms with van der Waals surface area (Å²) in [4.78, 5) is 4.08. The normalized spacial score (nSPS) is 9.07. The van der Waals surface area contributed by atoms with Crippen molar-refractivity contribution in [2.24, 2.45) is 0 Å². The molecule has 15 heavy (non-hydrogen) atoms. The number of aromatic hydroxyl groups is 1. The number of rotatable bonds is 0. The topological polar surface area (TPSA) is 33.1 Å². The maximum absolute atomic E-state index is 9.23. The lowest BCUT2D eigenvalue weighted by atomic mass is 10.2. The Morgan fingerprint density at radius 2 is 1.93 bits per heavy atom. The Labute approximate surface area is 88.2 Å². The van der Waals surface area contributed by atoms with Gasteiger partial charge in [-0.3, -0.25) is 0 Å². The summed E-state index contributed by atoms with van der Waals surface area (Å²) in [6.45, 7) is 0. The minimum atomic E-state index is 0.225. The monoisotopic (exact) mass is 195 g/mol. The second-order valence-corrected chi connectivity index (χ2v) is 3.02. The largest absolute Gasteiger partial charge is 0.508 e. The minimum absolute atomic E-state index is 0.225. The van der Waals surface area contributed by atoms with Crippen LogP contribution in [0, 0.1) is 11.8 Å². The number of phenols is 1. The van der Waals surface area contributed by atoms with Crippen molar-refractivity contribution < 1.29 is 5.11 Å². The quantitative estimate of drug-likeness (QED) is 0.653. The fourth-order valence-electron chi connectivity index (χ4n) is 1.16. The van der Waals surface area contributed by atoms with E-state index in [0.29, 0.717) is 0 Å². The Hall–Kier alpha value is -2.27. The van der Waals surface area contributed by atoms with Gasteiger partial charge >= 0.3 is 0 Å². The lowest BCUT2D eigenvalue weighted by Crippen LogP contribution is -1.79. The van der Waals surface area contributed by atoms with Crippen LogP contribution in [0.15, 0.2) is 48.7 Å². The zero-order valence-corrected chi connectivity index (χ0v) is 8.01. The highest BCUT2D eigenvalue weighted by Gasteiger charge is 1.89. The van der Waals surface area contributed by atoms with E-state index in [0.717, 1.165) is 11.3 Å². The van der Waals surface area contributed by atoms with E-state index in [9.17, 15) is 5.11 Å². The van der Waals surface area contributed by atoms with Crippen molar-refractivity contribution in [2.45, 2.75) is 0 Å². The van der Waals surface area contributed by atoms with Crippen molar-refractivity contribution in [3.8, 4) is 17.6 Å². The van der Waals surface area contributed by atoms with Gasteiger partial charge in [0.2, 0.25) is 0 Å². The lowest BCUT2D eigenvalue weighted by molar-refractivity contribution is 0.475. The molecule has 1 aromatic heterocycles. The van der Waals surface area contributed by atoms with Crippen molar-refractivity contribution >= 4 is 0 Å². The Morgan fingerprint density at radius 1 is 1.00 bits per heavy atom. The first-order valence-corrected chi connectivity index (χ1v) is 4.57. The van der Waals surface area contributed by atoms with Crippen LogP contribution in [0.4, 0.5) is 0 Å². The van der Waals surface area contributed by atoms with E-state index >= 15 is 0 Å². The number of nitrogens with zero attached hydrogens (tertiary/aromatic N) is 1. The summed E-state index contributed by atoms with van der Waals surface area (Å²) in [5.74, 6) is 6.07. The molecule has 2 nitrogen and oxygen atoms in total. The standard InChI is InChI=1S/C13H9NO/c15-13-6-3-4-11(10-13)7-8-12-5-1-2-9-14-12/h1-6,9-10,15H. The van der Waals surface area contributed by atoms with E-state index < -0.39 is 0 Å². The van der Waals surface area contributed by atoms with Gasteiger partial charge in [0.1, 0.15) is 11.4 Å². The molecule has 1 heterocycles. The molecule has 0 amide bonds. The molecule has 2 heteroatoms. The van der Waals surface area contributed by atoms with Crippen molar-refractivity contribution in [3.63, 3.8) is 0 Å². The SMILES string of the molecule is Oc1cccc(C#Cc2ccccn2)c1. The number of phenolic OH excluding ortho intramolecular Hbond substituents is 1. The molecule has 0 aliphatic rings. The molecule has 0 spiro atoms. The van der Waals surface area contributed by atoms with Crippen molar-refractivity contribution in [3.05, 3.63) is 59.9 Å². The van der Waals surface area contributed by atoms with Gasteiger partial charge in [-0.25, -0.2) is 4.98 Å². The highest BCUT2D eigenvalue weighted by atomic mass is 16.3. The van der Waals surface area contributed by atoms with Crippen LogP contribution < -0.4 is 0 Å². The summed E-state index contributed by atoms with van der Waals surface area (Å²) in [6, 6.07) is 12.4. The first kappa shape index (κ1) is 9.29. The Bertz CT molecular complexity index is 509. The van der Waals surface area contributed by atoms with Crippen LogP contribution in [0.5, 0.6) is 5.75 Å². The molecule has 0 atom stereocenters. The highest BCUT2D eigenvalue weighted by molar-refractivity contribution is 5.42. The molecule has 0 bridgehead atoms. The molecule has 1 N–H and O–H groups in total. The summed E-state index contributed by atoms with van der Waals surface area (Å²) in [7, 11) is 0. The van der Waals surface area contributed by atoms with Crippen LogP contribution >= 0.6 is 0 Å². The smallest absolute Gasteiger partial charge is 0.116 e. The van der Waals surface area contributed by atoms with Crippen LogP contribution in [0.25, 0.3) is 0 Å². The maximum Gasteiger partial charge on any atom is 0.116 e. The molecule has 0 unspecified atom stereocenters. The van der Waals surface area contributed by atoms with Gasteiger partial charge in [-0.1, -0.05) is 18.1 Å². The Morgan fingerprint density at radius 3 is 2.67 bits per heavy atom. The second kappa shape index (κ2) is 4.30. The van der Waals surface area contributed by atoms with E-state index in [1.807, 2.05) is 24.3 Å². The third-order valence-corrected chi connectivity index (χ3v) is 1.85. The molecule has 2 rings (SSSR count). The molecule has 0 radical (unpaired) electrons. The van der Waals surface area contributed by atoms with E-state index in [1.54, 1.807) is 24.4 Å². The van der Waals surface area contributed by atoms with Gasteiger partial charge in [-0.05, 0) is 36.3 Å². The van der Waals surface area contributed by atoms with Crippen LogP contribution in [0.2, 0.25) is 0 Å². The van der Waals surface area contributed by atoms with Gasteiger partial charge in [0, 0.05) is 11.8 Å². The minimum Gasteiger partial charge on any atom is -0.508 e. The lowest BCUT2D eigenvalue weighted by Gasteiger charge is -1.91. The van der Waals surface area contributed by atoms with Crippen molar-refractivity contribution in [1.29, 1.82) is 0 Å². The van der Waals surface area contributed by atoms with Crippen LogP contribution in [-0.4, -0.2) is 10.1 Å². The zero-order chi connectivity index (χ0) is 10.5. The van der Waals surface area contributed by atoms with Crippen LogP contribution in [-0.2, 0) is 0 Å². The van der Waals surface area contributed by atoms with Gasteiger partial charge < -0.3 is 5.11 Å². The van der Waals surface area contributed by atoms with Gasteiger partial charge in [-0.2, -0.15) is 0 Å². The molecule has 72 valence electrons. The number of hydrogen-bond donors (Lipinski definition) is 1. The summed E-state index contributed by atoms with van der Waals surface area (Å²) in [5, 5.41) is 9.23. The van der Waals surface area contributed by atoms with E-state index in [-0.39, 0.29) is 5.75 Å². The number of pyridine rings is 1. The average Bonchev–Trinajstić information content (AvgIpc) is 2.28. The van der Waals surface area contributed by atoms with Crippen LogP contribution in [0.1, 0.15) is 11.3 Å². The van der Waals surface area contributed by atoms with E-state index in [4.69, 9.17) is 0 Å². The van der Waals surface area contributed by atoms with Gasteiger partial charge in [-0.15, -0.1) is 0 Å². The fraction of sp³-hybridized carbons (Fsp3) is 0. The third-order valence-electron chi connectivity index (χ3n) is 1.85. The number of benzene rings is 1. The zero-order valence-electron chi connectivity index (χ0n) is 8.01. The highest BCUT2D eigenvalue weighted by Crippen LogP contribution is 2.09. The number of hydrogen-bond acceptors (Lipinski definition) is 2. The van der Waals surface area contributed by atoms with Crippen molar-refractivity contribution in [1.82, 2.24) is 4.98 Å². The summed E-state index contributed by atoms with van der Waals surface area (Å²) in [6.07, 6.45) is 1.70. The molecule has 0 fully saturated rings. The van der Waals surface area contributed by atoms with Crippen molar-refractivity contribution in [2.75, 3.05) is 0 Å². The Kier molecular flexibility index (Phi) is 2.66. The molecular weight excluding hydrogens is 186 g/mol. The molecule has 0 aliphatic heterocycles. The third kappa shape index (κ3) is 2.58. The predicted molar refractivity (Wildman–Crippen MR) is 58.3 cm³/mol. The summed E-state index contributed by atoms with van der Waals surface area (Å²) >= 11 is 0. The average molecular weight is 195 g/mol. The molecule has 1 aromatic carbocycles. The van der Waals surface area contributed by atoms with E-state index in [2.05, 4.69) is 16.8 Å². The molecule has 0 aliphatic carbocycles. The molecule has 0 saturated carbocycles. The summed E-state index contributed by atoms with van der Waals surface area (Å²) < 4.78 is 0. The van der Waals surface area contributed by atoms with Gasteiger partial charge in [0.15, 0.2) is 0 Å². The predicted octanol–water partition coefficient (Wildman–Crippen LogP) is 2.19. The van der Waals surface area contributed by atoms with Crippen LogP contribution in [0.3, 0.4) is 0 Å². The Balaban J connectivity index is 2.26. The molecular formula is C13H9NO.